The Morgan fingerprint density at radius 3 is 2.00 bits per heavy atom. The van der Waals surface area contributed by atoms with Crippen molar-refractivity contribution in [2.75, 3.05) is 10.6 Å². The zero-order valence-electron chi connectivity index (χ0n) is 12.3. The van der Waals surface area contributed by atoms with Crippen LogP contribution in [-0.2, 0) is 4.79 Å². The summed E-state index contributed by atoms with van der Waals surface area (Å²) < 4.78 is 0. The highest BCUT2D eigenvalue weighted by atomic mass is 16.3. The maximum absolute atomic E-state index is 11.5. The zero-order valence-corrected chi connectivity index (χ0v) is 12.3. The van der Waals surface area contributed by atoms with Crippen LogP contribution in [0.3, 0.4) is 0 Å². The van der Waals surface area contributed by atoms with E-state index in [1.807, 2.05) is 45.0 Å². The van der Waals surface area contributed by atoms with Gasteiger partial charge in [-0.3, -0.25) is 4.79 Å². The first-order valence-corrected chi connectivity index (χ1v) is 6.60. The number of hydrogen-bond donors (Lipinski definition) is 3. The average Bonchev–Trinajstić information content (AvgIpc) is 2.30. The van der Waals surface area contributed by atoms with Gasteiger partial charge in [-0.25, -0.2) is 0 Å². The van der Waals surface area contributed by atoms with Gasteiger partial charge in [-0.2, -0.15) is 0 Å². The van der Waals surface area contributed by atoms with Crippen molar-refractivity contribution >= 4 is 17.3 Å². The Kier molecular flexibility index (Phi) is 4.95. The number of carbonyl (C=O) groups excluding carboxylic acids is 1. The second-order valence-electron chi connectivity index (χ2n) is 5.74. The molecule has 0 fully saturated rings. The Morgan fingerprint density at radius 2 is 1.58 bits per heavy atom. The molecule has 0 saturated heterocycles. The van der Waals surface area contributed by atoms with E-state index in [0.29, 0.717) is 0 Å². The number of hydrogen-bond acceptors (Lipinski definition) is 3. The van der Waals surface area contributed by atoms with Crippen LogP contribution in [0.25, 0.3) is 0 Å². The highest BCUT2D eigenvalue weighted by Crippen LogP contribution is 2.18. The molecular weight excluding hydrogens is 240 g/mol. The molecule has 1 aromatic rings. The molecule has 0 heterocycles. The van der Waals surface area contributed by atoms with Crippen molar-refractivity contribution < 1.29 is 9.90 Å². The van der Waals surface area contributed by atoms with E-state index in [1.165, 1.54) is 0 Å². The molecule has 1 amide bonds. The van der Waals surface area contributed by atoms with Crippen LogP contribution in [0.2, 0.25) is 0 Å². The van der Waals surface area contributed by atoms with E-state index in [-0.39, 0.29) is 17.9 Å². The molecule has 1 atom stereocenters. The topological polar surface area (TPSA) is 61.4 Å². The molecule has 1 aromatic carbocycles. The molecule has 19 heavy (non-hydrogen) atoms. The standard InChI is InChI=1S/C15H24N2O2/c1-10(2)14(18)17-13-8-6-12(7-9-13)16-11(3)15(4,5)19/h6-11,16,19H,1-5H3,(H,17,18). The van der Waals surface area contributed by atoms with Crippen molar-refractivity contribution in [1.82, 2.24) is 0 Å². The average molecular weight is 264 g/mol. The van der Waals surface area contributed by atoms with Crippen LogP contribution >= 0.6 is 0 Å². The van der Waals surface area contributed by atoms with E-state index in [2.05, 4.69) is 10.6 Å². The SMILES string of the molecule is CC(C)C(=O)Nc1ccc(NC(C)C(C)(C)O)cc1. The predicted molar refractivity (Wildman–Crippen MR) is 79.3 cm³/mol. The summed E-state index contributed by atoms with van der Waals surface area (Å²) >= 11 is 0. The van der Waals surface area contributed by atoms with E-state index < -0.39 is 5.60 Å². The lowest BCUT2D eigenvalue weighted by molar-refractivity contribution is -0.118. The Hall–Kier alpha value is -1.55. The van der Waals surface area contributed by atoms with Gasteiger partial charge in [-0.05, 0) is 45.0 Å². The second kappa shape index (κ2) is 6.06. The fraction of sp³-hybridized carbons (Fsp3) is 0.533. The number of benzene rings is 1. The molecule has 4 heteroatoms. The van der Waals surface area contributed by atoms with Gasteiger partial charge in [0.25, 0.3) is 0 Å². The molecule has 0 aliphatic carbocycles. The van der Waals surface area contributed by atoms with E-state index in [0.717, 1.165) is 11.4 Å². The third kappa shape index (κ3) is 4.91. The summed E-state index contributed by atoms with van der Waals surface area (Å²) in [5.74, 6) is -0.0291. The Morgan fingerprint density at radius 1 is 1.11 bits per heavy atom. The number of carbonyl (C=O) groups is 1. The molecular formula is C15H24N2O2. The van der Waals surface area contributed by atoms with Crippen molar-refractivity contribution in [2.24, 2.45) is 5.92 Å². The van der Waals surface area contributed by atoms with E-state index in [4.69, 9.17) is 0 Å². The molecule has 0 aliphatic rings. The minimum absolute atomic E-state index is 0.00516. The predicted octanol–water partition coefficient (Wildman–Crippen LogP) is 2.85. The lowest BCUT2D eigenvalue weighted by Crippen LogP contribution is -2.39. The molecule has 4 nitrogen and oxygen atoms in total. The van der Waals surface area contributed by atoms with E-state index >= 15 is 0 Å². The summed E-state index contributed by atoms with van der Waals surface area (Å²) in [4.78, 5) is 11.5. The summed E-state index contributed by atoms with van der Waals surface area (Å²) in [7, 11) is 0. The van der Waals surface area contributed by atoms with Gasteiger partial charge in [0.2, 0.25) is 5.91 Å². The molecule has 0 radical (unpaired) electrons. The summed E-state index contributed by atoms with van der Waals surface area (Å²) in [5, 5.41) is 15.9. The first-order chi connectivity index (χ1) is 8.70. The van der Waals surface area contributed by atoms with Crippen LogP contribution in [-0.4, -0.2) is 22.7 Å². The summed E-state index contributed by atoms with van der Waals surface area (Å²) in [6.45, 7) is 9.17. The largest absolute Gasteiger partial charge is 0.388 e. The maximum Gasteiger partial charge on any atom is 0.226 e. The van der Waals surface area contributed by atoms with Crippen molar-refractivity contribution in [2.45, 2.75) is 46.3 Å². The number of rotatable bonds is 5. The highest BCUT2D eigenvalue weighted by molar-refractivity contribution is 5.92. The minimum atomic E-state index is -0.787. The van der Waals surface area contributed by atoms with Crippen molar-refractivity contribution in [3.63, 3.8) is 0 Å². The summed E-state index contributed by atoms with van der Waals surface area (Å²) in [6.07, 6.45) is 0. The lowest BCUT2D eigenvalue weighted by atomic mass is 10.0. The molecule has 1 rings (SSSR count). The van der Waals surface area contributed by atoms with Gasteiger partial charge in [0.1, 0.15) is 0 Å². The molecule has 0 aromatic heterocycles. The fourth-order valence-corrected chi connectivity index (χ4v) is 1.36. The zero-order chi connectivity index (χ0) is 14.6. The normalized spacial score (nSPS) is 13.2. The van der Waals surface area contributed by atoms with Gasteiger partial charge in [0.05, 0.1) is 11.6 Å². The van der Waals surface area contributed by atoms with Crippen LogP contribution in [0.4, 0.5) is 11.4 Å². The molecule has 0 bridgehead atoms. The first kappa shape index (κ1) is 15.5. The van der Waals surface area contributed by atoms with Crippen LogP contribution in [0.15, 0.2) is 24.3 Å². The maximum atomic E-state index is 11.5. The lowest BCUT2D eigenvalue weighted by Gasteiger charge is -2.27. The van der Waals surface area contributed by atoms with Gasteiger partial charge in [0, 0.05) is 17.3 Å². The number of amides is 1. The van der Waals surface area contributed by atoms with Crippen LogP contribution in [0.5, 0.6) is 0 Å². The number of aliphatic hydroxyl groups is 1. The molecule has 0 aliphatic heterocycles. The van der Waals surface area contributed by atoms with E-state index in [1.54, 1.807) is 13.8 Å². The van der Waals surface area contributed by atoms with Crippen LogP contribution in [0, 0.1) is 5.92 Å². The van der Waals surface area contributed by atoms with Crippen molar-refractivity contribution in [1.29, 1.82) is 0 Å². The molecule has 3 N–H and O–H groups in total. The third-order valence-electron chi connectivity index (χ3n) is 3.12. The van der Waals surface area contributed by atoms with Gasteiger partial charge < -0.3 is 15.7 Å². The van der Waals surface area contributed by atoms with Gasteiger partial charge in [0.15, 0.2) is 0 Å². The summed E-state index contributed by atoms with van der Waals surface area (Å²) in [6, 6.07) is 7.40. The molecule has 1 unspecified atom stereocenters. The Labute approximate surface area is 115 Å². The quantitative estimate of drug-likeness (QED) is 0.766. The molecule has 0 saturated carbocycles. The Balaban J connectivity index is 2.64. The fourth-order valence-electron chi connectivity index (χ4n) is 1.36. The van der Waals surface area contributed by atoms with Crippen molar-refractivity contribution in [3.05, 3.63) is 24.3 Å². The van der Waals surface area contributed by atoms with E-state index in [9.17, 15) is 9.90 Å². The minimum Gasteiger partial charge on any atom is -0.388 e. The van der Waals surface area contributed by atoms with Crippen LogP contribution in [0.1, 0.15) is 34.6 Å². The first-order valence-electron chi connectivity index (χ1n) is 6.60. The molecule has 0 spiro atoms. The molecule has 106 valence electrons. The van der Waals surface area contributed by atoms with Crippen LogP contribution < -0.4 is 10.6 Å². The highest BCUT2D eigenvalue weighted by Gasteiger charge is 2.21. The smallest absolute Gasteiger partial charge is 0.226 e. The number of anilines is 2. The second-order valence-corrected chi connectivity index (χ2v) is 5.74. The third-order valence-corrected chi connectivity index (χ3v) is 3.12. The summed E-state index contributed by atoms with van der Waals surface area (Å²) in [5.41, 5.74) is 0.905. The number of nitrogens with one attached hydrogen (secondary N) is 2. The monoisotopic (exact) mass is 264 g/mol. The van der Waals surface area contributed by atoms with Gasteiger partial charge >= 0.3 is 0 Å². The Bertz CT molecular complexity index is 419. The van der Waals surface area contributed by atoms with Gasteiger partial charge in [-0.15, -0.1) is 0 Å². The van der Waals surface area contributed by atoms with Gasteiger partial charge in [-0.1, -0.05) is 13.8 Å². The van der Waals surface area contributed by atoms with Crippen molar-refractivity contribution in [3.8, 4) is 0 Å².